The van der Waals surface area contributed by atoms with Gasteiger partial charge in [-0.2, -0.15) is 0 Å². The van der Waals surface area contributed by atoms with Crippen molar-refractivity contribution in [1.82, 2.24) is 9.88 Å². The largest absolute Gasteiger partial charge is 0.480 e. The number of amides is 1. The molecule has 0 bridgehead atoms. The number of carboxylic acid groups (broad SMARTS) is 1. The first-order chi connectivity index (χ1) is 10.5. The van der Waals surface area contributed by atoms with Gasteiger partial charge >= 0.3 is 5.97 Å². The number of carboxylic acids is 1. The molecule has 0 fully saturated rings. The summed E-state index contributed by atoms with van der Waals surface area (Å²) in [5.74, 6) is -0.992. The number of aromatic nitrogens is 1. The van der Waals surface area contributed by atoms with Crippen LogP contribution in [-0.2, 0) is 16.1 Å². The van der Waals surface area contributed by atoms with E-state index in [2.05, 4.69) is 5.32 Å². The molecule has 2 aromatic rings. The van der Waals surface area contributed by atoms with Gasteiger partial charge in [-0.15, -0.1) is 0 Å². The number of para-hydroxylation sites is 1. The molecule has 2 rings (SSSR count). The molecule has 118 valence electrons. The third kappa shape index (κ3) is 4.10. The van der Waals surface area contributed by atoms with E-state index in [-0.39, 0.29) is 18.2 Å². The van der Waals surface area contributed by atoms with Gasteiger partial charge in [0, 0.05) is 24.7 Å². The summed E-state index contributed by atoms with van der Waals surface area (Å²) in [5, 5.41) is 12.9. The van der Waals surface area contributed by atoms with Crippen molar-refractivity contribution in [2.45, 2.75) is 39.3 Å². The van der Waals surface area contributed by atoms with Crippen molar-refractivity contribution in [2.75, 3.05) is 0 Å². The highest BCUT2D eigenvalue weighted by Gasteiger charge is 2.20. The van der Waals surface area contributed by atoms with Crippen LogP contribution in [0.15, 0.2) is 36.5 Å². The molecule has 2 N–H and O–H groups in total. The first-order valence-corrected chi connectivity index (χ1v) is 7.53. The van der Waals surface area contributed by atoms with Crippen molar-refractivity contribution >= 4 is 22.8 Å². The molecule has 0 radical (unpaired) electrons. The van der Waals surface area contributed by atoms with Crippen molar-refractivity contribution in [2.24, 2.45) is 5.92 Å². The predicted octanol–water partition coefficient (Wildman–Crippen LogP) is 2.65. The Kier molecular flexibility index (Phi) is 5.20. The molecule has 0 aliphatic carbocycles. The predicted molar refractivity (Wildman–Crippen MR) is 85.6 cm³/mol. The molecule has 1 aromatic carbocycles. The zero-order valence-corrected chi connectivity index (χ0v) is 13.0. The maximum Gasteiger partial charge on any atom is 0.326 e. The molecule has 0 saturated heterocycles. The number of benzene rings is 1. The molecule has 0 aliphatic rings. The van der Waals surface area contributed by atoms with E-state index in [1.807, 2.05) is 54.9 Å². The van der Waals surface area contributed by atoms with Gasteiger partial charge in [0.15, 0.2) is 0 Å². The molecule has 0 aliphatic heterocycles. The van der Waals surface area contributed by atoms with E-state index >= 15 is 0 Å². The number of carbonyl (C=O) groups is 2. The quantitative estimate of drug-likeness (QED) is 0.826. The van der Waals surface area contributed by atoms with Gasteiger partial charge < -0.3 is 15.0 Å². The van der Waals surface area contributed by atoms with E-state index < -0.39 is 12.0 Å². The van der Waals surface area contributed by atoms with Crippen LogP contribution in [0.1, 0.15) is 26.7 Å². The van der Waals surface area contributed by atoms with Crippen LogP contribution in [0, 0.1) is 5.92 Å². The van der Waals surface area contributed by atoms with E-state index in [9.17, 15) is 9.59 Å². The lowest BCUT2D eigenvalue weighted by Gasteiger charge is -2.16. The first kappa shape index (κ1) is 16.1. The third-order valence-electron chi connectivity index (χ3n) is 3.60. The summed E-state index contributed by atoms with van der Waals surface area (Å²) in [7, 11) is 0. The number of hydrogen-bond acceptors (Lipinski definition) is 2. The van der Waals surface area contributed by atoms with Crippen LogP contribution < -0.4 is 5.32 Å². The summed E-state index contributed by atoms with van der Waals surface area (Å²) in [6.45, 7) is 4.41. The summed E-state index contributed by atoms with van der Waals surface area (Å²) in [5.41, 5.74) is 1.08. The fourth-order valence-electron chi connectivity index (χ4n) is 2.52. The average molecular weight is 302 g/mol. The molecular weight excluding hydrogens is 280 g/mol. The zero-order valence-electron chi connectivity index (χ0n) is 13.0. The highest BCUT2D eigenvalue weighted by Crippen LogP contribution is 2.15. The molecule has 1 amide bonds. The van der Waals surface area contributed by atoms with E-state index in [0.29, 0.717) is 13.0 Å². The van der Waals surface area contributed by atoms with Gasteiger partial charge in [0.2, 0.25) is 5.91 Å². The Labute approximate surface area is 129 Å². The second kappa shape index (κ2) is 7.11. The van der Waals surface area contributed by atoms with Crippen LogP contribution in [0.2, 0.25) is 0 Å². The Morgan fingerprint density at radius 3 is 2.64 bits per heavy atom. The SMILES string of the molecule is CC(C)C[C@H](NC(=O)CCn1ccc2ccccc21)C(=O)O. The van der Waals surface area contributed by atoms with Crippen LogP contribution >= 0.6 is 0 Å². The number of nitrogens with one attached hydrogen (secondary N) is 1. The molecular formula is C17H22N2O3. The Morgan fingerprint density at radius 2 is 1.95 bits per heavy atom. The van der Waals surface area contributed by atoms with Gasteiger partial charge in [0.25, 0.3) is 0 Å². The van der Waals surface area contributed by atoms with Crippen LogP contribution in [0.25, 0.3) is 10.9 Å². The van der Waals surface area contributed by atoms with Gasteiger partial charge in [-0.05, 0) is 29.9 Å². The molecule has 5 nitrogen and oxygen atoms in total. The Balaban J connectivity index is 1.93. The first-order valence-electron chi connectivity index (χ1n) is 7.53. The van der Waals surface area contributed by atoms with Crippen molar-refractivity contribution in [1.29, 1.82) is 0 Å². The third-order valence-corrected chi connectivity index (χ3v) is 3.60. The molecule has 22 heavy (non-hydrogen) atoms. The standard InChI is InChI=1S/C17H22N2O3/c1-12(2)11-14(17(21)22)18-16(20)8-10-19-9-7-13-5-3-4-6-15(13)19/h3-7,9,12,14H,8,10-11H2,1-2H3,(H,18,20)(H,21,22)/t14-/m0/s1. The van der Waals surface area contributed by atoms with E-state index in [4.69, 9.17) is 5.11 Å². The number of carbonyl (C=O) groups excluding carboxylic acids is 1. The van der Waals surface area contributed by atoms with Crippen molar-refractivity contribution < 1.29 is 14.7 Å². The molecule has 1 heterocycles. The molecule has 0 spiro atoms. The van der Waals surface area contributed by atoms with Gasteiger partial charge in [0.05, 0.1) is 0 Å². The molecule has 1 aromatic heterocycles. The van der Waals surface area contributed by atoms with E-state index in [0.717, 1.165) is 10.9 Å². The Morgan fingerprint density at radius 1 is 1.23 bits per heavy atom. The second-order valence-corrected chi connectivity index (χ2v) is 5.91. The smallest absolute Gasteiger partial charge is 0.326 e. The minimum Gasteiger partial charge on any atom is -0.480 e. The Bertz CT molecular complexity index is 661. The summed E-state index contributed by atoms with van der Waals surface area (Å²) in [4.78, 5) is 23.1. The van der Waals surface area contributed by atoms with Crippen molar-refractivity contribution in [3.63, 3.8) is 0 Å². The normalized spacial score (nSPS) is 12.5. The topological polar surface area (TPSA) is 71.3 Å². The lowest BCUT2D eigenvalue weighted by Crippen LogP contribution is -2.41. The zero-order chi connectivity index (χ0) is 16.1. The van der Waals surface area contributed by atoms with Crippen molar-refractivity contribution in [3.05, 3.63) is 36.5 Å². The fraction of sp³-hybridized carbons (Fsp3) is 0.412. The maximum absolute atomic E-state index is 12.0. The summed E-state index contributed by atoms with van der Waals surface area (Å²) < 4.78 is 2.01. The van der Waals surface area contributed by atoms with Gasteiger partial charge in [-0.25, -0.2) is 4.79 Å². The number of rotatable bonds is 7. The number of hydrogen-bond donors (Lipinski definition) is 2. The fourth-order valence-corrected chi connectivity index (χ4v) is 2.52. The summed E-state index contributed by atoms with van der Waals surface area (Å²) in [6, 6.07) is 9.16. The molecule has 0 saturated carbocycles. The van der Waals surface area contributed by atoms with E-state index in [1.54, 1.807) is 0 Å². The highest BCUT2D eigenvalue weighted by atomic mass is 16.4. The van der Waals surface area contributed by atoms with Crippen molar-refractivity contribution in [3.8, 4) is 0 Å². The minimum absolute atomic E-state index is 0.217. The number of nitrogens with zero attached hydrogens (tertiary/aromatic N) is 1. The van der Waals surface area contributed by atoms with Gasteiger partial charge in [-0.1, -0.05) is 32.0 Å². The average Bonchev–Trinajstić information content (AvgIpc) is 2.87. The number of aryl methyl sites for hydroxylation is 1. The van der Waals surface area contributed by atoms with Crippen LogP contribution in [-0.4, -0.2) is 27.6 Å². The summed E-state index contributed by atoms with van der Waals surface area (Å²) in [6.07, 6.45) is 2.65. The minimum atomic E-state index is -0.978. The maximum atomic E-state index is 12.0. The Hall–Kier alpha value is -2.30. The van der Waals surface area contributed by atoms with Crippen LogP contribution in [0.4, 0.5) is 0 Å². The van der Waals surface area contributed by atoms with Crippen LogP contribution in [0.3, 0.4) is 0 Å². The highest BCUT2D eigenvalue weighted by molar-refractivity contribution is 5.84. The lowest BCUT2D eigenvalue weighted by molar-refractivity contribution is -0.142. The van der Waals surface area contributed by atoms with Crippen LogP contribution in [0.5, 0.6) is 0 Å². The molecule has 0 unspecified atom stereocenters. The van der Waals surface area contributed by atoms with Gasteiger partial charge in [0.1, 0.15) is 6.04 Å². The number of fused-ring (bicyclic) bond motifs is 1. The second-order valence-electron chi connectivity index (χ2n) is 5.91. The van der Waals surface area contributed by atoms with E-state index in [1.165, 1.54) is 0 Å². The molecule has 1 atom stereocenters. The lowest BCUT2D eigenvalue weighted by atomic mass is 10.0. The summed E-state index contributed by atoms with van der Waals surface area (Å²) >= 11 is 0. The monoisotopic (exact) mass is 302 g/mol. The van der Waals surface area contributed by atoms with Gasteiger partial charge in [-0.3, -0.25) is 4.79 Å². The molecule has 5 heteroatoms. The number of aliphatic carboxylic acids is 1.